The molecular weight excluding hydrogens is 184 g/mol. The Bertz CT molecular complexity index is 166. The maximum absolute atomic E-state index is 3.59. The van der Waals surface area contributed by atoms with Crippen molar-refractivity contribution in [2.45, 2.75) is 46.6 Å². The van der Waals surface area contributed by atoms with Gasteiger partial charge in [0.2, 0.25) is 0 Å². The van der Waals surface area contributed by atoms with Crippen molar-refractivity contribution in [3.8, 4) is 0 Å². The third-order valence-electron chi connectivity index (χ3n) is 3.03. The molecule has 1 N–H and O–H groups in total. The summed E-state index contributed by atoms with van der Waals surface area (Å²) in [4.78, 5) is 2.66. The van der Waals surface area contributed by atoms with Crippen molar-refractivity contribution in [2.24, 2.45) is 11.8 Å². The molecule has 0 aromatic heterocycles. The second-order valence-electron chi connectivity index (χ2n) is 5.74. The first-order chi connectivity index (χ1) is 7.09. The summed E-state index contributed by atoms with van der Waals surface area (Å²) in [5.41, 5.74) is 0. The van der Waals surface area contributed by atoms with E-state index in [1.165, 1.54) is 32.5 Å². The fourth-order valence-corrected chi connectivity index (χ4v) is 2.37. The molecule has 0 bridgehead atoms. The molecule has 0 unspecified atom stereocenters. The Labute approximate surface area is 95.4 Å². The highest BCUT2D eigenvalue weighted by molar-refractivity contribution is 4.81. The summed E-state index contributed by atoms with van der Waals surface area (Å²) in [7, 11) is 0. The van der Waals surface area contributed by atoms with E-state index in [2.05, 4.69) is 37.9 Å². The zero-order valence-electron chi connectivity index (χ0n) is 10.9. The molecule has 0 aromatic rings. The van der Waals surface area contributed by atoms with Gasteiger partial charge in [0.05, 0.1) is 0 Å². The van der Waals surface area contributed by atoms with Crippen LogP contribution < -0.4 is 5.32 Å². The summed E-state index contributed by atoms with van der Waals surface area (Å²) < 4.78 is 0. The van der Waals surface area contributed by atoms with Crippen molar-refractivity contribution in [1.82, 2.24) is 10.2 Å². The standard InChI is InChI=1S/C13H28N2/c1-11(2)8-14-9-13-6-5-7-15(13)10-12(3)4/h11-14H,5-10H2,1-4H3/t13-/m1/s1. The second kappa shape index (κ2) is 6.49. The van der Waals surface area contributed by atoms with Gasteiger partial charge in [0.1, 0.15) is 0 Å². The quantitative estimate of drug-likeness (QED) is 0.727. The highest BCUT2D eigenvalue weighted by atomic mass is 15.2. The molecule has 1 heterocycles. The molecule has 1 rings (SSSR count). The van der Waals surface area contributed by atoms with Gasteiger partial charge >= 0.3 is 0 Å². The molecule has 0 aliphatic carbocycles. The van der Waals surface area contributed by atoms with Crippen molar-refractivity contribution >= 4 is 0 Å². The molecule has 0 aromatic carbocycles. The number of hydrogen-bond donors (Lipinski definition) is 1. The summed E-state index contributed by atoms with van der Waals surface area (Å²) in [6.07, 6.45) is 2.78. The average Bonchev–Trinajstić information content (AvgIpc) is 2.51. The third kappa shape index (κ3) is 4.98. The number of likely N-dealkylation sites (tertiary alicyclic amines) is 1. The zero-order chi connectivity index (χ0) is 11.3. The molecule has 1 aliphatic rings. The van der Waals surface area contributed by atoms with Crippen LogP contribution in [0.2, 0.25) is 0 Å². The lowest BCUT2D eigenvalue weighted by Gasteiger charge is -2.26. The lowest BCUT2D eigenvalue weighted by Crippen LogP contribution is -2.40. The van der Waals surface area contributed by atoms with Crippen LogP contribution in [0.4, 0.5) is 0 Å². The first-order valence-electron chi connectivity index (χ1n) is 6.54. The van der Waals surface area contributed by atoms with Crippen LogP contribution in [0.3, 0.4) is 0 Å². The van der Waals surface area contributed by atoms with Gasteiger partial charge in [-0.05, 0) is 37.8 Å². The van der Waals surface area contributed by atoms with E-state index in [4.69, 9.17) is 0 Å². The lowest BCUT2D eigenvalue weighted by molar-refractivity contribution is 0.220. The van der Waals surface area contributed by atoms with Crippen LogP contribution in [0.1, 0.15) is 40.5 Å². The Hall–Kier alpha value is -0.0800. The van der Waals surface area contributed by atoms with E-state index in [1.54, 1.807) is 0 Å². The van der Waals surface area contributed by atoms with Gasteiger partial charge in [-0.2, -0.15) is 0 Å². The average molecular weight is 212 g/mol. The van der Waals surface area contributed by atoms with Gasteiger partial charge in [0.25, 0.3) is 0 Å². The Morgan fingerprint density at radius 1 is 1.20 bits per heavy atom. The summed E-state index contributed by atoms with van der Waals surface area (Å²) in [6.45, 7) is 14.1. The van der Waals surface area contributed by atoms with Crippen molar-refractivity contribution in [2.75, 3.05) is 26.2 Å². The van der Waals surface area contributed by atoms with Gasteiger partial charge in [0, 0.05) is 19.1 Å². The molecule has 2 heteroatoms. The normalized spacial score (nSPS) is 23.2. The van der Waals surface area contributed by atoms with Crippen molar-refractivity contribution in [1.29, 1.82) is 0 Å². The largest absolute Gasteiger partial charge is 0.315 e. The minimum Gasteiger partial charge on any atom is -0.315 e. The fourth-order valence-electron chi connectivity index (χ4n) is 2.37. The third-order valence-corrected chi connectivity index (χ3v) is 3.03. The summed E-state index contributed by atoms with van der Waals surface area (Å²) >= 11 is 0. The molecular formula is C13H28N2. The van der Waals surface area contributed by atoms with Gasteiger partial charge in [-0.15, -0.1) is 0 Å². The van der Waals surface area contributed by atoms with E-state index < -0.39 is 0 Å². The molecule has 0 radical (unpaired) electrons. The number of rotatable bonds is 6. The molecule has 15 heavy (non-hydrogen) atoms. The Morgan fingerprint density at radius 3 is 2.53 bits per heavy atom. The van der Waals surface area contributed by atoms with Gasteiger partial charge in [0.15, 0.2) is 0 Å². The fraction of sp³-hybridized carbons (Fsp3) is 1.00. The monoisotopic (exact) mass is 212 g/mol. The van der Waals surface area contributed by atoms with E-state index in [-0.39, 0.29) is 0 Å². The first kappa shape index (κ1) is 13.0. The van der Waals surface area contributed by atoms with Crippen LogP contribution in [-0.2, 0) is 0 Å². The van der Waals surface area contributed by atoms with Crippen LogP contribution in [-0.4, -0.2) is 37.1 Å². The zero-order valence-corrected chi connectivity index (χ0v) is 10.9. The van der Waals surface area contributed by atoms with Gasteiger partial charge in [-0.25, -0.2) is 0 Å². The highest BCUT2D eigenvalue weighted by Gasteiger charge is 2.24. The second-order valence-corrected chi connectivity index (χ2v) is 5.74. The number of nitrogens with zero attached hydrogens (tertiary/aromatic N) is 1. The van der Waals surface area contributed by atoms with Crippen LogP contribution in [0, 0.1) is 11.8 Å². The SMILES string of the molecule is CC(C)CNC[C@H]1CCCN1CC(C)C. The molecule has 90 valence electrons. The maximum atomic E-state index is 3.59. The molecule has 1 atom stereocenters. The highest BCUT2D eigenvalue weighted by Crippen LogP contribution is 2.17. The molecule has 1 fully saturated rings. The van der Waals surface area contributed by atoms with Gasteiger partial charge in [-0.3, -0.25) is 4.90 Å². The van der Waals surface area contributed by atoms with Gasteiger partial charge in [-0.1, -0.05) is 27.7 Å². The molecule has 1 aliphatic heterocycles. The summed E-state index contributed by atoms with van der Waals surface area (Å²) in [5.74, 6) is 1.57. The Balaban J connectivity index is 2.21. The maximum Gasteiger partial charge on any atom is 0.0221 e. The van der Waals surface area contributed by atoms with Crippen molar-refractivity contribution < 1.29 is 0 Å². The van der Waals surface area contributed by atoms with E-state index in [9.17, 15) is 0 Å². The molecule has 0 amide bonds. The molecule has 1 saturated heterocycles. The smallest absolute Gasteiger partial charge is 0.0221 e. The van der Waals surface area contributed by atoms with Crippen LogP contribution in [0.25, 0.3) is 0 Å². The topological polar surface area (TPSA) is 15.3 Å². The van der Waals surface area contributed by atoms with Crippen LogP contribution in [0.15, 0.2) is 0 Å². The predicted molar refractivity (Wildman–Crippen MR) is 67.1 cm³/mol. The van der Waals surface area contributed by atoms with E-state index in [0.717, 1.165) is 24.4 Å². The minimum absolute atomic E-state index is 0.768. The van der Waals surface area contributed by atoms with Crippen LogP contribution >= 0.6 is 0 Å². The summed E-state index contributed by atoms with van der Waals surface area (Å²) in [6, 6.07) is 0.797. The van der Waals surface area contributed by atoms with Crippen LogP contribution in [0.5, 0.6) is 0 Å². The summed E-state index contributed by atoms with van der Waals surface area (Å²) in [5, 5.41) is 3.59. The Morgan fingerprint density at radius 2 is 1.93 bits per heavy atom. The van der Waals surface area contributed by atoms with Gasteiger partial charge < -0.3 is 5.32 Å². The Kier molecular flexibility index (Phi) is 5.62. The predicted octanol–water partition coefficient (Wildman–Crippen LogP) is 2.35. The van der Waals surface area contributed by atoms with Crippen molar-refractivity contribution in [3.05, 3.63) is 0 Å². The lowest BCUT2D eigenvalue weighted by atomic mass is 10.1. The molecule has 0 spiro atoms. The van der Waals surface area contributed by atoms with E-state index in [0.29, 0.717) is 0 Å². The minimum atomic E-state index is 0.768. The van der Waals surface area contributed by atoms with Crippen molar-refractivity contribution in [3.63, 3.8) is 0 Å². The van der Waals surface area contributed by atoms with E-state index in [1.807, 2.05) is 0 Å². The molecule has 0 saturated carbocycles. The molecule has 2 nitrogen and oxygen atoms in total. The number of hydrogen-bond acceptors (Lipinski definition) is 2. The van der Waals surface area contributed by atoms with E-state index >= 15 is 0 Å². The first-order valence-corrected chi connectivity index (χ1v) is 6.54. The number of nitrogens with one attached hydrogen (secondary N) is 1.